The summed E-state index contributed by atoms with van der Waals surface area (Å²) in [5.74, 6) is 0.576. The van der Waals surface area contributed by atoms with Gasteiger partial charge in [-0.2, -0.15) is 0 Å². The standard InChI is InChI=1S/C14H22N2O2/c1-10(15)4-5-12-6-8-13(9-7-12)18-11(2)14(17)16-3/h6-11H,4-5,15H2,1-3H3,(H,16,17). The molecule has 0 saturated carbocycles. The number of amides is 1. The molecule has 1 amide bonds. The van der Waals surface area contributed by atoms with E-state index < -0.39 is 6.10 Å². The van der Waals surface area contributed by atoms with E-state index in [0.29, 0.717) is 5.75 Å². The minimum atomic E-state index is -0.482. The Hall–Kier alpha value is -1.55. The first-order valence-electron chi connectivity index (χ1n) is 6.25. The van der Waals surface area contributed by atoms with Crippen LogP contribution in [0.4, 0.5) is 0 Å². The van der Waals surface area contributed by atoms with Crippen molar-refractivity contribution in [2.75, 3.05) is 7.05 Å². The van der Waals surface area contributed by atoms with Gasteiger partial charge in [0.15, 0.2) is 6.10 Å². The van der Waals surface area contributed by atoms with Crippen molar-refractivity contribution in [3.05, 3.63) is 29.8 Å². The molecule has 0 aliphatic rings. The Balaban J connectivity index is 2.52. The van der Waals surface area contributed by atoms with Crippen LogP contribution in [-0.4, -0.2) is 25.1 Å². The summed E-state index contributed by atoms with van der Waals surface area (Å²) in [4.78, 5) is 11.3. The van der Waals surface area contributed by atoms with E-state index in [-0.39, 0.29) is 11.9 Å². The van der Waals surface area contributed by atoms with Crippen LogP contribution in [0.25, 0.3) is 0 Å². The maximum absolute atomic E-state index is 11.3. The molecule has 0 fully saturated rings. The van der Waals surface area contributed by atoms with Crippen molar-refractivity contribution < 1.29 is 9.53 Å². The lowest BCUT2D eigenvalue weighted by Crippen LogP contribution is -2.33. The third-order valence-corrected chi connectivity index (χ3v) is 2.74. The number of rotatable bonds is 6. The third kappa shape index (κ3) is 4.75. The second-order valence-electron chi connectivity index (χ2n) is 4.53. The number of nitrogens with two attached hydrogens (primary N) is 1. The first-order chi connectivity index (χ1) is 8.52. The first kappa shape index (κ1) is 14.5. The van der Waals surface area contributed by atoms with Crippen molar-refractivity contribution in [2.45, 2.75) is 38.8 Å². The van der Waals surface area contributed by atoms with Crippen LogP contribution in [0, 0.1) is 0 Å². The summed E-state index contributed by atoms with van der Waals surface area (Å²) in [7, 11) is 1.60. The minimum absolute atomic E-state index is 0.129. The molecule has 0 bridgehead atoms. The Morgan fingerprint density at radius 1 is 1.33 bits per heavy atom. The molecule has 0 radical (unpaired) electrons. The molecule has 1 rings (SSSR count). The normalized spacial score (nSPS) is 13.8. The lowest BCUT2D eigenvalue weighted by molar-refractivity contribution is -0.126. The first-order valence-corrected chi connectivity index (χ1v) is 6.25. The molecule has 1 aromatic carbocycles. The van der Waals surface area contributed by atoms with Gasteiger partial charge in [0, 0.05) is 13.1 Å². The van der Waals surface area contributed by atoms with Crippen LogP contribution in [0.2, 0.25) is 0 Å². The van der Waals surface area contributed by atoms with Crippen molar-refractivity contribution >= 4 is 5.91 Å². The van der Waals surface area contributed by atoms with Crippen molar-refractivity contribution in [3.63, 3.8) is 0 Å². The Morgan fingerprint density at radius 3 is 2.44 bits per heavy atom. The van der Waals surface area contributed by atoms with E-state index in [9.17, 15) is 4.79 Å². The van der Waals surface area contributed by atoms with Crippen LogP contribution >= 0.6 is 0 Å². The fraction of sp³-hybridized carbons (Fsp3) is 0.500. The number of aryl methyl sites for hydroxylation is 1. The van der Waals surface area contributed by atoms with Gasteiger partial charge in [-0.15, -0.1) is 0 Å². The summed E-state index contributed by atoms with van der Waals surface area (Å²) >= 11 is 0. The Morgan fingerprint density at radius 2 is 1.94 bits per heavy atom. The number of nitrogens with one attached hydrogen (secondary N) is 1. The zero-order chi connectivity index (χ0) is 13.5. The van der Waals surface area contributed by atoms with Gasteiger partial charge in [-0.25, -0.2) is 0 Å². The number of ether oxygens (including phenoxy) is 1. The average Bonchev–Trinajstić information content (AvgIpc) is 2.36. The van der Waals surface area contributed by atoms with Crippen LogP contribution in [0.5, 0.6) is 5.75 Å². The molecule has 0 aromatic heterocycles. The van der Waals surface area contributed by atoms with Gasteiger partial charge in [-0.3, -0.25) is 4.79 Å². The van der Waals surface area contributed by atoms with Gasteiger partial charge >= 0.3 is 0 Å². The van der Waals surface area contributed by atoms with Gasteiger partial charge < -0.3 is 15.8 Å². The van der Waals surface area contributed by atoms with E-state index >= 15 is 0 Å². The number of benzene rings is 1. The topological polar surface area (TPSA) is 64.3 Å². The number of carbonyl (C=O) groups is 1. The van der Waals surface area contributed by atoms with E-state index in [1.807, 2.05) is 31.2 Å². The van der Waals surface area contributed by atoms with Gasteiger partial charge in [-0.1, -0.05) is 12.1 Å². The number of hydrogen-bond acceptors (Lipinski definition) is 3. The molecule has 2 unspecified atom stereocenters. The van der Waals surface area contributed by atoms with E-state index in [4.69, 9.17) is 10.5 Å². The molecule has 4 heteroatoms. The lowest BCUT2D eigenvalue weighted by Gasteiger charge is -2.13. The SMILES string of the molecule is CNC(=O)C(C)Oc1ccc(CCC(C)N)cc1. The highest BCUT2D eigenvalue weighted by Crippen LogP contribution is 2.15. The van der Waals surface area contributed by atoms with Gasteiger partial charge in [0.05, 0.1) is 0 Å². The van der Waals surface area contributed by atoms with E-state index in [0.717, 1.165) is 12.8 Å². The molecule has 0 aliphatic heterocycles. The predicted molar refractivity (Wildman–Crippen MR) is 72.6 cm³/mol. The Bertz CT molecular complexity index is 374. The predicted octanol–water partition coefficient (Wildman–Crippen LogP) is 1.48. The second kappa shape index (κ2) is 7.01. The molecule has 4 nitrogen and oxygen atoms in total. The van der Waals surface area contributed by atoms with Crippen LogP contribution in [-0.2, 0) is 11.2 Å². The summed E-state index contributed by atoms with van der Waals surface area (Å²) in [6.45, 7) is 3.73. The Kier molecular flexibility index (Phi) is 5.65. The van der Waals surface area contributed by atoms with Gasteiger partial charge in [-0.05, 0) is 44.4 Å². The zero-order valence-electron chi connectivity index (χ0n) is 11.3. The quantitative estimate of drug-likeness (QED) is 0.803. The van der Waals surface area contributed by atoms with E-state index in [2.05, 4.69) is 5.32 Å². The van der Waals surface area contributed by atoms with Gasteiger partial charge in [0.2, 0.25) is 0 Å². The highest BCUT2D eigenvalue weighted by atomic mass is 16.5. The fourth-order valence-corrected chi connectivity index (χ4v) is 1.59. The van der Waals surface area contributed by atoms with E-state index in [1.54, 1.807) is 14.0 Å². The number of carbonyl (C=O) groups excluding carboxylic acids is 1. The molecule has 0 heterocycles. The minimum Gasteiger partial charge on any atom is -0.481 e. The van der Waals surface area contributed by atoms with Gasteiger partial charge in [0.1, 0.15) is 5.75 Å². The van der Waals surface area contributed by atoms with Crippen LogP contribution in [0.3, 0.4) is 0 Å². The van der Waals surface area contributed by atoms with Crippen molar-refractivity contribution in [3.8, 4) is 5.75 Å². The molecule has 0 saturated heterocycles. The Labute approximate surface area is 109 Å². The van der Waals surface area contributed by atoms with Gasteiger partial charge in [0.25, 0.3) is 5.91 Å². The van der Waals surface area contributed by atoms with Crippen LogP contribution < -0.4 is 15.8 Å². The molecule has 0 spiro atoms. The van der Waals surface area contributed by atoms with Crippen molar-refractivity contribution in [1.29, 1.82) is 0 Å². The lowest BCUT2D eigenvalue weighted by atomic mass is 10.1. The molecule has 2 atom stereocenters. The molecular formula is C14H22N2O2. The monoisotopic (exact) mass is 250 g/mol. The van der Waals surface area contributed by atoms with Crippen LogP contribution in [0.1, 0.15) is 25.8 Å². The molecule has 1 aromatic rings. The third-order valence-electron chi connectivity index (χ3n) is 2.74. The number of hydrogen-bond donors (Lipinski definition) is 2. The largest absolute Gasteiger partial charge is 0.481 e. The average molecular weight is 250 g/mol. The number of likely N-dealkylation sites (N-methyl/N-ethyl adjacent to an activating group) is 1. The van der Waals surface area contributed by atoms with E-state index in [1.165, 1.54) is 5.56 Å². The molecule has 0 aliphatic carbocycles. The summed E-state index contributed by atoms with van der Waals surface area (Å²) in [5.41, 5.74) is 6.94. The summed E-state index contributed by atoms with van der Waals surface area (Å²) < 4.78 is 5.51. The maximum Gasteiger partial charge on any atom is 0.260 e. The molecular weight excluding hydrogens is 228 g/mol. The molecule has 18 heavy (non-hydrogen) atoms. The summed E-state index contributed by atoms with van der Waals surface area (Å²) in [5, 5.41) is 2.55. The maximum atomic E-state index is 11.3. The second-order valence-corrected chi connectivity index (χ2v) is 4.53. The fourth-order valence-electron chi connectivity index (χ4n) is 1.59. The highest BCUT2D eigenvalue weighted by molar-refractivity contribution is 5.80. The van der Waals surface area contributed by atoms with Crippen LogP contribution in [0.15, 0.2) is 24.3 Å². The zero-order valence-corrected chi connectivity index (χ0v) is 11.3. The van der Waals surface area contributed by atoms with Crippen molar-refractivity contribution in [2.24, 2.45) is 5.73 Å². The molecule has 3 N–H and O–H groups in total. The highest BCUT2D eigenvalue weighted by Gasteiger charge is 2.12. The summed E-state index contributed by atoms with van der Waals surface area (Å²) in [6, 6.07) is 8.00. The molecule has 100 valence electrons. The van der Waals surface area contributed by atoms with Crippen molar-refractivity contribution in [1.82, 2.24) is 5.32 Å². The summed E-state index contributed by atoms with van der Waals surface area (Å²) in [6.07, 6.45) is 1.45. The smallest absolute Gasteiger partial charge is 0.260 e.